The smallest absolute Gasteiger partial charge is 0.0586 e. The third kappa shape index (κ3) is 6.72. The van der Waals surface area contributed by atoms with Gasteiger partial charge >= 0.3 is 0 Å². The van der Waals surface area contributed by atoms with Crippen LogP contribution in [0.2, 0.25) is 0 Å². The first-order valence-corrected chi connectivity index (χ1v) is 23.1. The van der Waals surface area contributed by atoms with E-state index < -0.39 is 5.41 Å². The summed E-state index contributed by atoms with van der Waals surface area (Å²) in [6.45, 7) is 7.23. The second-order valence-electron chi connectivity index (χ2n) is 16.9. The molecule has 9 aromatic rings. The lowest BCUT2D eigenvalue weighted by molar-refractivity contribution is 0.721. The Morgan fingerprint density at radius 2 is 1.22 bits per heavy atom. The van der Waals surface area contributed by atoms with Crippen LogP contribution in [0.1, 0.15) is 35.6 Å². The van der Waals surface area contributed by atoms with Crippen LogP contribution in [0.25, 0.3) is 48.0 Å². The summed E-state index contributed by atoms with van der Waals surface area (Å²) in [5.41, 5.74) is 15.8. The summed E-state index contributed by atoms with van der Waals surface area (Å²) < 4.78 is 2.68. The monoisotopic (exact) mass is 840 g/mol. The lowest BCUT2D eigenvalue weighted by atomic mass is 9.73. The molecule has 3 heteroatoms. The Balaban J connectivity index is 1.14. The molecule has 0 spiro atoms. The Bertz CT molecular complexity index is 3210. The van der Waals surface area contributed by atoms with E-state index in [9.17, 15) is 0 Å². The molecule has 2 aliphatic rings. The molecular weight excluding hydrogens is 793 g/mol. The fraction of sp³-hybridized carbons (Fsp3) is 0.0820. The number of hydrogen-bond donors (Lipinski definition) is 0. The van der Waals surface area contributed by atoms with E-state index in [0.29, 0.717) is 0 Å². The van der Waals surface area contributed by atoms with Crippen LogP contribution in [0.4, 0.5) is 22.7 Å². The largest absolute Gasteiger partial charge is 0.360 e. The van der Waals surface area contributed by atoms with Gasteiger partial charge in [0, 0.05) is 54.9 Å². The van der Waals surface area contributed by atoms with E-state index in [2.05, 4.69) is 248 Å². The number of hydrogen-bond acceptors (Lipinski definition) is 3. The van der Waals surface area contributed by atoms with Crippen LogP contribution in [0.5, 0.6) is 0 Å². The summed E-state index contributed by atoms with van der Waals surface area (Å²) in [4.78, 5) is 4.89. The molecule has 2 unspecified atom stereocenters. The van der Waals surface area contributed by atoms with Gasteiger partial charge in [0.05, 0.1) is 6.04 Å². The maximum absolute atomic E-state index is 3.99. The molecule has 2 atom stereocenters. The van der Waals surface area contributed by atoms with E-state index in [0.717, 1.165) is 30.0 Å². The second kappa shape index (κ2) is 16.7. The second-order valence-corrected chi connectivity index (χ2v) is 18.0. The van der Waals surface area contributed by atoms with Crippen LogP contribution in [0.15, 0.2) is 237 Å². The van der Waals surface area contributed by atoms with Crippen molar-refractivity contribution < 1.29 is 0 Å². The molecule has 0 saturated carbocycles. The lowest BCUT2D eigenvalue weighted by Crippen LogP contribution is -2.37. The van der Waals surface area contributed by atoms with Crippen LogP contribution in [0.3, 0.4) is 0 Å². The van der Waals surface area contributed by atoms with Gasteiger partial charge in [-0.2, -0.15) is 0 Å². The normalized spacial score (nSPS) is 16.5. The topological polar surface area (TPSA) is 6.48 Å². The summed E-state index contributed by atoms with van der Waals surface area (Å²) in [5.74, 6) is 0. The standard InChI is InChI=1S/C61H48N2S/c1-3-4-20-40-62(45-22-8-5-9-23-45)57-34-18-15-28-49(57)53-41-44(43-36-38-48(39-37-43)63(46-24-10-6-11-25-46)47-26-12-7-13-27-47)42-56-59(53)52-30-14-17-32-54(52)61(56,2)55-33-21-31-51-50-29-16-19-35-58(50)64-60(51)55/h3-33,35-39,41-42,57H,1,34,40H2,2H3/b20-4-. The van der Waals surface area contributed by atoms with Gasteiger partial charge in [-0.15, -0.1) is 11.3 Å². The minimum Gasteiger partial charge on any atom is -0.360 e. The predicted octanol–water partition coefficient (Wildman–Crippen LogP) is 16.5. The number of thiophene rings is 1. The highest BCUT2D eigenvalue weighted by Gasteiger charge is 2.44. The maximum atomic E-state index is 3.99. The third-order valence-corrected chi connectivity index (χ3v) is 14.5. The summed E-state index contributed by atoms with van der Waals surface area (Å²) in [6, 6.07) is 71.5. The highest BCUT2D eigenvalue weighted by atomic mass is 32.1. The first-order chi connectivity index (χ1) is 31.6. The van der Waals surface area contributed by atoms with Crippen molar-refractivity contribution in [2.24, 2.45) is 0 Å². The van der Waals surface area contributed by atoms with Gasteiger partial charge in [0.25, 0.3) is 0 Å². The summed E-state index contributed by atoms with van der Waals surface area (Å²) in [6.07, 6.45) is 14.0. The Morgan fingerprint density at radius 1 is 0.594 bits per heavy atom. The molecule has 2 aliphatic carbocycles. The predicted molar refractivity (Wildman–Crippen MR) is 276 cm³/mol. The number of fused-ring (bicyclic) bond motifs is 6. The molecule has 11 rings (SSSR count). The molecule has 64 heavy (non-hydrogen) atoms. The molecule has 1 heterocycles. The van der Waals surface area contributed by atoms with Gasteiger partial charge < -0.3 is 9.80 Å². The van der Waals surface area contributed by atoms with Crippen molar-refractivity contribution in [2.45, 2.75) is 24.8 Å². The Labute approximate surface area is 380 Å². The molecule has 0 amide bonds. The number of rotatable bonds is 11. The fourth-order valence-corrected chi connectivity index (χ4v) is 11.6. The van der Waals surface area contributed by atoms with Gasteiger partial charge in [-0.3, -0.25) is 0 Å². The van der Waals surface area contributed by atoms with E-state index in [-0.39, 0.29) is 6.04 Å². The number of benzene rings is 8. The zero-order chi connectivity index (χ0) is 43.0. The maximum Gasteiger partial charge on any atom is 0.0586 e. The molecule has 8 aromatic carbocycles. The van der Waals surface area contributed by atoms with E-state index in [1.807, 2.05) is 17.4 Å². The molecule has 0 radical (unpaired) electrons. The fourth-order valence-electron chi connectivity index (χ4n) is 10.3. The highest BCUT2D eigenvalue weighted by molar-refractivity contribution is 7.26. The van der Waals surface area contributed by atoms with Gasteiger partial charge in [0.1, 0.15) is 0 Å². The minimum absolute atomic E-state index is 0.0962. The first kappa shape index (κ1) is 39.4. The third-order valence-electron chi connectivity index (χ3n) is 13.3. The van der Waals surface area contributed by atoms with Crippen molar-refractivity contribution in [3.05, 3.63) is 259 Å². The Kier molecular flexibility index (Phi) is 10.3. The molecule has 1 aromatic heterocycles. The van der Waals surface area contributed by atoms with Crippen molar-refractivity contribution in [3.63, 3.8) is 0 Å². The van der Waals surface area contributed by atoms with Crippen LogP contribution in [-0.2, 0) is 5.41 Å². The summed E-state index contributed by atoms with van der Waals surface area (Å²) >= 11 is 1.92. The number of allylic oxidation sites excluding steroid dienone is 4. The van der Waals surface area contributed by atoms with Gasteiger partial charge in [0.2, 0.25) is 0 Å². The number of para-hydroxylation sites is 3. The summed E-state index contributed by atoms with van der Waals surface area (Å²) in [7, 11) is 0. The molecule has 0 bridgehead atoms. The highest BCUT2D eigenvalue weighted by Crippen LogP contribution is 2.58. The Hall–Kier alpha value is -7.46. The zero-order valence-corrected chi connectivity index (χ0v) is 36.8. The minimum atomic E-state index is -0.430. The quantitative estimate of drug-likeness (QED) is 0.120. The first-order valence-electron chi connectivity index (χ1n) is 22.3. The molecule has 0 aliphatic heterocycles. The van der Waals surface area contributed by atoms with Crippen LogP contribution < -0.4 is 9.80 Å². The van der Waals surface area contributed by atoms with E-state index in [1.165, 1.54) is 75.9 Å². The van der Waals surface area contributed by atoms with Gasteiger partial charge in [-0.05, 0) is 130 Å². The van der Waals surface area contributed by atoms with E-state index >= 15 is 0 Å². The number of nitrogens with zero attached hydrogens (tertiary/aromatic N) is 2. The van der Waals surface area contributed by atoms with Crippen molar-refractivity contribution in [1.82, 2.24) is 0 Å². The van der Waals surface area contributed by atoms with E-state index in [1.54, 1.807) is 0 Å². The number of anilines is 4. The Morgan fingerprint density at radius 3 is 1.95 bits per heavy atom. The average molecular weight is 841 g/mol. The molecule has 308 valence electrons. The van der Waals surface area contributed by atoms with E-state index in [4.69, 9.17) is 0 Å². The molecular formula is C61H48N2S. The van der Waals surface area contributed by atoms with Crippen molar-refractivity contribution >= 4 is 59.8 Å². The van der Waals surface area contributed by atoms with Gasteiger partial charge in [-0.1, -0.05) is 170 Å². The average Bonchev–Trinajstić information content (AvgIpc) is 3.87. The summed E-state index contributed by atoms with van der Waals surface area (Å²) in [5, 5.41) is 2.65. The van der Waals surface area contributed by atoms with Crippen LogP contribution in [0, 0.1) is 0 Å². The lowest BCUT2D eigenvalue weighted by Gasteiger charge is -2.37. The molecule has 2 nitrogen and oxygen atoms in total. The van der Waals surface area contributed by atoms with Crippen LogP contribution in [-0.4, -0.2) is 12.6 Å². The molecule has 0 N–H and O–H groups in total. The zero-order valence-electron chi connectivity index (χ0n) is 35.9. The van der Waals surface area contributed by atoms with Crippen LogP contribution >= 0.6 is 11.3 Å². The van der Waals surface area contributed by atoms with Crippen molar-refractivity contribution in [2.75, 3.05) is 16.3 Å². The van der Waals surface area contributed by atoms with Gasteiger partial charge in [-0.25, -0.2) is 0 Å². The van der Waals surface area contributed by atoms with Crippen molar-refractivity contribution in [1.29, 1.82) is 0 Å². The SMILES string of the molecule is C=C/C=C\CN(c1ccccc1)C1CC=CC=C1c1cc(-c2ccc(N(c3ccccc3)c3ccccc3)cc2)cc2c1-c1ccccc1C2(C)c1cccc2c1sc1ccccc12. The van der Waals surface area contributed by atoms with Crippen molar-refractivity contribution in [3.8, 4) is 22.3 Å². The van der Waals surface area contributed by atoms with Gasteiger partial charge in [0.15, 0.2) is 0 Å². The molecule has 0 saturated heterocycles. The molecule has 0 fully saturated rings.